The molecule has 0 bridgehead atoms. The van der Waals surface area contributed by atoms with E-state index in [0.29, 0.717) is 25.9 Å². The topological polar surface area (TPSA) is 64.9 Å². The zero-order chi connectivity index (χ0) is 17.6. The maximum atomic E-state index is 12.7. The minimum atomic E-state index is -1.10. The molecule has 0 saturated carbocycles. The molecule has 2 aliphatic rings. The first-order valence-electron chi connectivity index (χ1n) is 9.17. The molecule has 0 spiro atoms. The van der Waals surface area contributed by atoms with E-state index in [1.165, 1.54) is 10.5 Å². The molecule has 1 amide bonds. The van der Waals surface area contributed by atoms with E-state index < -0.39 is 17.8 Å². The van der Waals surface area contributed by atoms with Gasteiger partial charge in [0.1, 0.15) is 0 Å². The van der Waals surface area contributed by atoms with Crippen molar-refractivity contribution < 1.29 is 19.6 Å². The van der Waals surface area contributed by atoms with Crippen LogP contribution in [0.25, 0.3) is 0 Å². The number of carbonyl (C=O) groups is 2. The molecule has 1 fully saturated rings. The molecule has 0 unspecified atom stereocenters. The number of carboxylic acid groups (broad SMARTS) is 1. The number of carbonyl (C=O) groups excluding carboxylic acids is 2. The number of hydrogen-bond acceptors (Lipinski definition) is 3. The quantitative estimate of drug-likeness (QED) is 0.719. The fraction of sp³-hybridized carbons (Fsp3) is 0.500. The fourth-order valence-corrected chi connectivity index (χ4v) is 3.84. The number of piperazine rings is 1. The van der Waals surface area contributed by atoms with Crippen molar-refractivity contribution in [1.82, 2.24) is 4.90 Å². The van der Waals surface area contributed by atoms with Crippen molar-refractivity contribution in [2.45, 2.75) is 19.3 Å². The van der Waals surface area contributed by atoms with Gasteiger partial charge < -0.3 is 19.7 Å². The molecule has 1 aromatic carbocycles. The van der Waals surface area contributed by atoms with Gasteiger partial charge in [-0.1, -0.05) is 42.5 Å². The fourth-order valence-electron chi connectivity index (χ4n) is 3.84. The van der Waals surface area contributed by atoms with Crippen molar-refractivity contribution in [3.63, 3.8) is 0 Å². The van der Waals surface area contributed by atoms with E-state index in [0.717, 1.165) is 26.1 Å². The second-order valence-corrected chi connectivity index (χ2v) is 7.04. The van der Waals surface area contributed by atoms with Crippen LogP contribution >= 0.6 is 0 Å². The lowest BCUT2D eigenvalue weighted by atomic mass is 9.82. The third-order valence-electron chi connectivity index (χ3n) is 5.44. The third kappa shape index (κ3) is 4.48. The van der Waals surface area contributed by atoms with Crippen molar-refractivity contribution in [2.75, 3.05) is 32.7 Å². The van der Waals surface area contributed by atoms with Gasteiger partial charge in [-0.15, -0.1) is 0 Å². The summed E-state index contributed by atoms with van der Waals surface area (Å²) in [4.78, 5) is 27.4. The van der Waals surface area contributed by atoms with E-state index in [1.807, 2.05) is 23.1 Å². The largest absolute Gasteiger partial charge is 0.550 e. The minimum absolute atomic E-state index is 0.0133. The number of rotatable bonds is 5. The van der Waals surface area contributed by atoms with Crippen LogP contribution in [-0.4, -0.2) is 49.5 Å². The second kappa shape index (κ2) is 8.30. The highest BCUT2D eigenvalue weighted by Crippen LogP contribution is 2.27. The molecule has 2 atom stereocenters. The van der Waals surface area contributed by atoms with Gasteiger partial charge >= 0.3 is 0 Å². The van der Waals surface area contributed by atoms with Crippen molar-refractivity contribution in [2.24, 2.45) is 11.8 Å². The number of nitrogens with zero attached hydrogens (tertiary/aromatic N) is 1. The summed E-state index contributed by atoms with van der Waals surface area (Å²) in [6.45, 7) is 4.35. The zero-order valence-electron chi connectivity index (χ0n) is 14.5. The predicted molar refractivity (Wildman–Crippen MR) is 92.7 cm³/mol. The Morgan fingerprint density at radius 2 is 1.68 bits per heavy atom. The molecule has 1 N–H and O–H groups in total. The standard InChI is InChI=1S/C20H26N2O3/c23-19(17-8-4-5-9-18(17)20(24)25)22-14-12-21(13-15-22)11-10-16-6-2-1-3-7-16/h1-7,17-18H,8-15H2,(H,24,25)/t17-,18+/m1/s1. The molecule has 1 aliphatic carbocycles. The van der Waals surface area contributed by atoms with Gasteiger partial charge in [-0.05, 0) is 18.4 Å². The highest BCUT2D eigenvalue weighted by atomic mass is 16.4. The summed E-state index contributed by atoms with van der Waals surface area (Å²) >= 11 is 0. The van der Waals surface area contributed by atoms with Gasteiger partial charge in [0.15, 0.2) is 0 Å². The van der Waals surface area contributed by atoms with Crippen LogP contribution in [0.4, 0.5) is 0 Å². The number of aliphatic carboxylic acids is 1. The molecule has 1 heterocycles. The average molecular weight is 342 g/mol. The average Bonchev–Trinajstić information content (AvgIpc) is 2.67. The first-order valence-corrected chi connectivity index (χ1v) is 9.17. The monoisotopic (exact) mass is 342 g/mol. The predicted octanol–water partition coefficient (Wildman–Crippen LogP) is -0.711. The maximum absolute atomic E-state index is 12.7. The Labute approximate surface area is 148 Å². The van der Waals surface area contributed by atoms with Crippen molar-refractivity contribution >= 4 is 11.9 Å². The summed E-state index contributed by atoms with van der Waals surface area (Å²) < 4.78 is 0. The Balaban J connectivity index is 1.49. The Morgan fingerprint density at radius 1 is 1.04 bits per heavy atom. The minimum Gasteiger partial charge on any atom is -0.550 e. The third-order valence-corrected chi connectivity index (χ3v) is 5.44. The summed E-state index contributed by atoms with van der Waals surface area (Å²) in [7, 11) is 0. The molecule has 0 aromatic heterocycles. The molecule has 1 aromatic rings. The zero-order valence-corrected chi connectivity index (χ0v) is 14.5. The van der Waals surface area contributed by atoms with E-state index in [2.05, 4.69) is 24.3 Å². The number of amides is 1. The molecule has 134 valence electrons. The Bertz CT molecular complexity index is 621. The first kappa shape index (κ1) is 17.7. The first-order chi connectivity index (χ1) is 12.1. The normalized spacial score (nSPS) is 24.2. The molecular formula is C20H26N2O3. The van der Waals surface area contributed by atoms with Gasteiger partial charge in [-0.25, -0.2) is 0 Å². The Hall–Kier alpha value is -2.14. The van der Waals surface area contributed by atoms with Gasteiger partial charge in [0.2, 0.25) is 5.91 Å². The molecule has 25 heavy (non-hydrogen) atoms. The maximum Gasteiger partial charge on any atom is 0.227 e. The molecule has 1 saturated heterocycles. The van der Waals surface area contributed by atoms with Gasteiger partial charge in [0, 0.05) is 24.2 Å². The van der Waals surface area contributed by atoms with E-state index in [1.54, 1.807) is 0 Å². The number of benzene rings is 1. The highest BCUT2D eigenvalue weighted by molar-refractivity contribution is 5.84. The van der Waals surface area contributed by atoms with Crippen molar-refractivity contribution in [3.8, 4) is 0 Å². The lowest BCUT2D eigenvalue weighted by Gasteiger charge is -2.37. The van der Waals surface area contributed by atoms with E-state index in [-0.39, 0.29) is 5.91 Å². The van der Waals surface area contributed by atoms with Gasteiger partial charge in [-0.3, -0.25) is 4.79 Å². The van der Waals surface area contributed by atoms with Crippen LogP contribution in [0.5, 0.6) is 0 Å². The highest BCUT2D eigenvalue weighted by Gasteiger charge is 2.34. The Morgan fingerprint density at radius 3 is 2.32 bits per heavy atom. The van der Waals surface area contributed by atoms with Crippen LogP contribution in [0.2, 0.25) is 0 Å². The molecule has 0 radical (unpaired) electrons. The number of quaternary nitrogens is 1. The van der Waals surface area contributed by atoms with Gasteiger partial charge in [0.05, 0.1) is 32.7 Å². The molecule has 5 nitrogen and oxygen atoms in total. The van der Waals surface area contributed by atoms with E-state index >= 15 is 0 Å². The van der Waals surface area contributed by atoms with Crippen LogP contribution in [0, 0.1) is 11.8 Å². The number of nitrogens with one attached hydrogen (secondary N) is 1. The lowest BCUT2D eigenvalue weighted by Crippen LogP contribution is -3.15. The van der Waals surface area contributed by atoms with E-state index in [9.17, 15) is 14.7 Å². The number of hydrogen-bond donors (Lipinski definition) is 1. The molecule has 1 aliphatic heterocycles. The van der Waals surface area contributed by atoms with E-state index in [4.69, 9.17) is 0 Å². The second-order valence-electron chi connectivity index (χ2n) is 7.04. The van der Waals surface area contributed by atoms with Gasteiger partial charge in [0.25, 0.3) is 0 Å². The summed E-state index contributed by atoms with van der Waals surface area (Å²) in [5, 5.41) is 11.3. The van der Waals surface area contributed by atoms with Gasteiger partial charge in [-0.2, -0.15) is 0 Å². The van der Waals surface area contributed by atoms with Crippen LogP contribution in [0.15, 0.2) is 42.5 Å². The SMILES string of the molecule is O=C([O-])[C@H]1CC=CC[C@H]1C(=O)N1CC[NH+](CCc2ccccc2)CC1. The smallest absolute Gasteiger partial charge is 0.227 e. The summed E-state index contributed by atoms with van der Waals surface area (Å²) in [5.41, 5.74) is 1.35. The van der Waals surface area contributed by atoms with Crippen LogP contribution < -0.4 is 10.0 Å². The molecular weight excluding hydrogens is 316 g/mol. The van der Waals surface area contributed by atoms with Crippen molar-refractivity contribution in [3.05, 3.63) is 48.0 Å². The summed E-state index contributed by atoms with van der Waals surface area (Å²) in [5.74, 6) is -2.25. The number of allylic oxidation sites excluding steroid dienone is 2. The lowest BCUT2D eigenvalue weighted by molar-refractivity contribution is -0.903. The summed E-state index contributed by atoms with van der Waals surface area (Å²) in [6.07, 6.45) is 5.73. The molecule has 5 heteroatoms. The van der Waals surface area contributed by atoms with Crippen LogP contribution in [-0.2, 0) is 16.0 Å². The van der Waals surface area contributed by atoms with Crippen molar-refractivity contribution in [1.29, 1.82) is 0 Å². The molecule has 3 rings (SSSR count). The number of carboxylic acids is 1. The Kier molecular flexibility index (Phi) is 5.87. The van der Waals surface area contributed by atoms with Crippen LogP contribution in [0.1, 0.15) is 18.4 Å². The summed E-state index contributed by atoms with van der Waals surface area (Å²) in [6, 6.07) is 10.5. The van der Waals surface area contributed by atoms with Crippen LogP contribution in [0.3, 0.4) is 0 Å².